The highest BCUT2D eigenvalue weighted by molar-refractivity contribution is 5.86. The molecule has 0 atom stereocenters. The van der Waals surface area contributed by atoms with E-state index in [1.54, 1.807) is 30.7 Å². The molecule has 0 aliphatic carbocycles. The maximum atomic E-state index is 12.3. The molecule has 21 heavy (non-hydrogen) atoms. The van der Waals surface area contributed by atoms with Crippen LogP contribution in [0.3, 0.4) is 0 Å². The Hall–Kier alpha value is -3.02. The number of aromatic amines is 1. The third-order valence-electron chi connectivity index (χ3n) is 3.26. The number of carbonyl (C=O) groups is 1. The van der Waals surface area contributed by atoms with Gasteiger partial charge in [-0.3, -0.25) is 14.6 Å². The summed E-state index contributed by atoms with van der Waals surface area (Å²) in [6.45, 7) is 1.93. The lowest BCUT2D eigenvalue weighted by atomic mass is 10.0. The Morgan fingerprint density at radius 1 is 1.24 bits per heavy atom. The highest BCUT2D eigenvalue weighted by Crippen LogP contribution is 2.22. The van der Waals surface area contributed by atoms with Gasteiger partial charge in [-0.25, -0.2) is 4.98 Å². The molecule has 0 spiro atoms. The first-order valence-corrected chi connectivity index (χ1v) is 6.33. The van der Waals surface area contributed by atoms with Crippen LogP contribution in [0.4, 0.5) is 5.82 Å². The smallest absolute Gasteiger partial charge is 0.256 e. The summed E-state index contributed by atoms with van der Waals surface area (Å²) < 4.78 is 0. The van der Waals surface area contributed by atoms with Crippen LogP contribution >= 0.6 is 0 Å². The molecule has 0 saturated carbocycles. The highest BCUT2D eigenvalue weighted by atomic mass is 16.1. The SMILES string of the molecule is Cc1ccncc1-c1cc2cnc(NC=O)cc2[nH]c1=O. The third-order valence-corrected chi connectivity index (χ3v) is 3.26. The Balaban J connectivity index is 2.21. The molecule has 1 amide bonds. The first-order valence-electron chi connectivity index (χ1n) is 6.33. The summed E-state index contributed by atoms with van der Waals surface area (Å²) >= 11 is 0. The number of pyridine rings is 3. The van der Waals surface area contributed by atoms with Crippen molar-refractivity contribution in [3.63, 3.8) is 0 Å². The average molecular weight is 280 g/mol. The molecule has 3 aromatic rings. The summed E-state index contributed by atoms with van der Waals surface area (Å²) in [5, 5.41) is 3.23. The predicted octanol–water partition coefficient (Wildman–Crippen LogP) is 1.86. The number of carbonyl (C=O) groups excluding carboxylic acids is 1. The number of aromatic nitrogens is 3. The zero-order valence-electron chi connectivity index (χ0n) is 11.3. The average Bonchev–Trinajstić information content (AvgIpc) is 2.48. The van der Waals surface area contributed by atoms with Crippen LogP contribution in [0.15, 0.2) is 41.6 Å². The summed E-state index contributed by atoms with van der Waals surface area (Å²) in [5.74, 6) is 0.387. The second-order valence-electron chi connectivity index (χ2n) is 4.62. The van der Waals surface area contributed by atoms with E-state index in [2.05, 4.69) is 20.3 Å². The Labute approximate surface area is 119 Å². The summed E-state index contributed by atoms with van der Waals surface area (Å²) in [4.78, 5) is 33.7. The van der Waals surface area contributed by atoms with Crippen molar-refractivity contribution >= 4 is 23.1 Å². The number of rotatable bonds is 3. The van der Waals surface area contributed by atoms with Gasteiger partial charge in [-0.2, -0.15) is 0 Å². The van der Waals surface area contributed by atoms with Crippen molar-refractivity contribution in [3.8, 4) is 11.1 Å². The lowest BCUT2D eigenvalue weighted by Gasteiger charge is -2.06. The Bertz CT molecular complexity index is 886. The van der Waals surface area contributed by atoms with Crippen LogP contribution in [0.25, 0.3) is 22.0 Å². The van der Waals surface area contributed by atoms with Gasteiger partial charge in [0.05, 0.1) is 5.52 Å². The molecular formula is C15H12N4O2. The molecule has 3 aromatic heterocycles. The van der Waals surface area contributed by atoms with E-state index in [-0.39, 0.29) is 5.56 Å². The van der Waals surface area contributed by atoms with Crippen molar-refractivity contribution in [3.05, 3.63) is 52.7 Å². The molecule has 0 bridgehead atoms. The number of hydrogen-bond acceptors (Lipinski definition) is 4. The van der Waals surface area contributed by atoms with Crippen LogP contribution in [0.2, 0.25) is 0 Å². The van der Waals surface area contributed by atoms with Crippen molar-refractivity contribution < 1.29 is 4.79 Å². The molecule has 104 valence electrons. The van der Waals surface area contributed by atoms with Crippen molar-refractivity contribution in [1.82, 2.24) is 15.0 Å². The molecule has 0 aliphatic rings. The number of hydrogen-bond donors (Lipinski definition) is 2. The second-order valence-corrected chi connectivity index (χ2v) is 4.62. The number of nitrogens with one attached hydrogen (secondary N) is 2. The maximum absolute atomic E-state index is 12.3. The van der Waals surface area contributed by atoms with Crippen molar-refractivity contribution in [2.75, 3.05) is 5.32 Å². The van der Waals surface area contributed by atoms with Crippen LogP contribution in [-0.4, -0.2) is 21.4 Å². The first kappa shape index (κ1) is 13.0. The number of H-pyrrole nitrogens is 1. The van der Waals surface area contributed by atoms with Crippen LogP contribution in [0, 0.1) is 6.92 Å². The number of aryl methyl sites for hydroxylation is 1. The van der Waals surface area contributed by atoms with E-state index in [0.717, 1.165) is 16.5 Å². The van der Waals surface area contributed by atoms with Crippen LogP contribution in [0.5, 0.6) is 0 Å². The molecule has 2 N–H and O–H groups in total. The van der Waals surface area contributed by atoms with E-state index in [0.29, 0.717) is 23.3 Å². The van der Waals surface area contributed by atoms with Gasteiger partial charge < -0.3 is 10.3 Å². The van der Waals surface area contributed by atoms with Gasteiger partial charge in [0.1, 0.15) is 5.82 Å². The van der Waals surface area contributed by atoms with Gasteiger partial charge >= 0.3 is 0 Å². The fourth-order valence-corrected chi connectivity index (χ4v) is 2.19. The standard InChI is InChI=1S/C15H12N4O2/c1-9-2-3-16-7-12(9)11-4-10-6-17-14(18-8-20)5-13(10)19-15(11)21/h2-8H,1H3,(H,19,21)(H,17,18,20). The molecule has 0 unspecified atom stereocenters. The number of fused-ring (bicyclic) bond motifs is 1. The number of nitrogens with zero attached hydrogens (tertiary/aromatic N) is 2. The maximum Gasteiger partial charge on any atom is 0.256 e. The van der Waals surface area contributed by atoms with Gasteiger partial charge in [0.25, 0.3) is 5.56 Å². The van der Waals surface area contributed by atoms with Gasteiger partial charge in [0.2, 0.25) is 6.41 Å². The van der Waals surface area contributed by atoms with Gasteiger partial charge in [-0.05, 0) is 24.6 Å². The van der Waals surface area contributed by atoms with Crippen LogP contribution < -0.4 is 10.9 Å². The predicted molar refractivity (Wildman–Crippen MR) is 80.0 cm³/mol. The quantitative estimate of drug-likeness (QED) is 0.717. The zero-order valence-corrected chi connectivity index (χ0v) is 11.3. The molecular weight excluding hydrogens is 268 g/mol. The Morgan fingerprint density at radius 3 is 2.86 bits per heavy atom. The van der Waals surface area contributed by atoms with Gasteiger partial charge in [-0.1, -0.05) is 0 Å². The molecule has 0 aromatic carbocycles. The number of anilines is 1. The lowest BCUT2D eigenvalue weighted by Crippen LogP contribution is -2.10. The minimum atomic E-state index is -0.207. The zero-order chi connectivity index (χ0) is 14.8. The van der Waals surface area contributed by atoms with Crippen LogP contribution in [0.1, 0.15) is 5.56 Å². The van der Waals surface area contributed by atoms with Crippen molar-refractivity contribution in [1.29, 1.82) is 0 Å². The normalized spacial score (nSPS) is 10.5. The second kappa shape index (κ2) is 5.16. The molecule has 6 nitrogen and oxygen atoms in total. The van der Waals surface area contributed by atoms with E-state index < -0.39 is 0 Å². The molecule has 3 heterocycles. The molecule has 0 fully saturated rings. The third kappa shape index (κ3) is 2.38. The highest BCUT2D eigenvalue weighted by Gasteiger charge is 2.09. The Morgan fingerprint density at radius 2 is 2.10 bits per heavy atom. The monoisotopic (exact) mass is 280 g/mol. The number of amides is 1. The van der Waals surface area contributed by atoms with E-state index in [1.165, 1.54) is 0 Å². The molecule has 3 rings (SSSR count). The van der Waals surface area contributed by atoms with Gasteiger partial charge in [0, 0.05) is 41.2 Å². The largest absolute Gasteiger partial charge is 0.321 e. The van der Waals surface area contributed by atoms with E-state index in [9.17, 15) is 9.59 Å². The van der Waals surface area contributed by atoms with Gasteiger partial charge in [0.15, 0.2) is 0 Å². The van der Waals surface area contributed by atoms with Crippen molar-refractivity contribution in [2.45, 2.75) is 6.92 Å². The summed E-state index contributed by atoms with van der Waals surface area (Å²) in [5.41, 5.74) is 2.72. The minimum absolute atomic E-state index is 0.207. The van der Waals surface area contributed by atoms with Gasteiger partial charge in [-0.15, -0.1) is 0 Å². The molecule has 6 heteroatoms. The summed E-state index contributed by atoms with van der Waals surface area (Å²) in [7, 11) is 0. The van der Waals surface area contributed by atoms with E-state index in [1.807, 2.05) is 13.0 Å². The van der Waals surface area contributed by atoms with Crippen LogP contribution in [-0.2, 0) is 4.79 Å². The topological polar surface area (TPSA) is 87.7 Å². The first-order chi connectivity index (χ1) is 10.2. The fraction of sp³-hybridized carbons (Fsp3) is 0.0667. The van der Waals surface area contributed by atoms with Crippen molar-refractivity contribution in [2.24, 2.45) is 0 Å². The minimum Gasteiger partial charge on any atom is -0.321 e. The Kier molecular flexibility index (Phi) is 3.19. The molecule has 0 aliphatic heterocycles. The lowest BCUT2D eigenvalue weighted by molar-refractivity contribution is -0.105. The fourth-order valence-electron chi connectivity index (χ4n) is 2.19. The summed E-state index contributed by atoms with van der Waals surface area (Å²) in [6, 6.07) is 5.25. The van der Waals surface area contributed by atoms with E-state index in [4.69, 9.17) is 0 Å². The molecule has 0 saturated heterocycles. The molecule has 0 radical (unpaired) electrons. The summed E-state index contributed by atoms with van der Waals surface area (Å²) in [6.07, 6.45) is 5.50. The van der Waals surface area contributed by atoms with E-state index >= 15 is 0 Å².